The van der Waals surface area contributed by atoms with Crippen molar-refractivity contribution in [3.05, 3.63) is 11.4 Å². The SMILES string of the molecule is CCN(CC)CCOC1CCN(C(=O)c2nnn(C3CCNCC3)c2C)C1. The third-order valence-electron chi connectivity index (χ3n) is 5.87. The summed E-state index contributed by atoms with van der Waals surface area (Å²) in [7, 11) is 0. The van der Waals surface area contributed by atoms with E-state index in [0.29, 0.717) is 18.3 Å². The molecule has 2 aliphatic rings. The van der Waals surface area contributed by atoms with Crippen molar-refractivity contribution >= 4 is 5.91 Å². The summed E-state index contributed by atoms with van der Waals surface area (Å²) in [5, 5.41) is 11.9. The fourth-order valence-corrected chi connectivity index (χ4v) is 4.02. The second-order valence-electron chi connectivity index (χ2n) is 7.51. The van der Waals surface area contributed by atoms with Gasteiger partial charge in [-0.15, -0.1) is 5.10 Å². The summed E-state index contributed by atoms with van der Waals surface area (Å²) in [6, 6.07) is 0.343. The molecule has 1 atom stereocenters. The lowest BCUT2D eigenvalue weighted by Crippen LogP contribution is -2.33. The average molecular weight is 379 g/mol. The quantitative estimate of drug-likeness (QED) is 0.730. The predicted octanol–water partition coefficient (Wildman–Crippen LogP) is 1.08. The van der Waals surface area contributed by atoms with Crippen molar-refractivity contribution in [1.29, 1.82) is 0 Å². The van der Waals surface area contributed by atoms with E-state index in [1.165, 1.54) is 0 Å². The van der Waals surface area contributed by atoms with E-state index < -0.39 is 0 Å². The van der Waals surface area contributed by atoms with E-state index in [1.54, 1.807) is 0 Å². The highest BCUT2D eigenvalue weighted by Gasteiger charge is 2.31. The first-order chi connectivity index (χ1) is 13.1. The Morgan fingerprint density at radius 1 is 1.26 bits per heavy atom. The molecule has 2 saturated heterocycles. The van der Waals surface area contributed by atoms with E-state index >= 15 is 0 Å². The number of piperidine rings is 1. The Hall–Kier alpha value is -1.51. The van der Waals surface area contributed by atoms with Crippen LogP contribution < -0.4 is 5.32 Å². The number of likely N-dealkylation sites (tertiary alicyclic amines) is 1. The molecular weight excluding hydrogens is 344 g/mol. The van der Waals surface area contributed by atoms with Crippen LogP contribution in [0.2, 0.25) is 0 Å². The lowest BCUT2D eigenvalue weighted by atomic mass is 10.1. The van der Waals surface area contributed by atoms with E-state index in [-0.39, 0.29) is 12.0 Å². The molecule has 0 bridgehead atoms. The number of nitrogens with zero attached hydrogens (tertiary/aromatic N) is 5. The summed E-state index contributed by atoms with van der Waals surface area (Å²) >= 11 is 0. The minimum absolute atomic E-state index is 0.0115. The van der Waals surface area contributed by atoms with Gasteiger partial charge < -0.3 is 19.9 Å². The topological polar surface area (TPSA) is 75.5 Å². The fourth-order valence-electron chi connectivity index (χ4n) is 4.02. The van der Waals surface area contributed by atoms with Crippen LogP contribution in [0.4, 0.5) is 0 Å². The number of aromatic nitrogens is 3. The van der Waals surface area contributed by atoms with Crippen LogP contribution in [0.25, 0.3) is 0 Å². The summed E-state index contributed by atoms with van der Waals surface area (Å²) in [5.74, 6) is -0.0115. The largest absolute Gasteiger partial charge is 0.375 e. The predicted molar refractivity (Wildman–Crippen MR) is 104 cm³/mol. The summed E-state index contributed by atoms with van der Waals surface area (Å²) in [6.45, 7) is 13.4. The summed E-state index contributed by atoms with van der Waals surface area (Å²) in [4.78, 5) is 17.1. The molecular formula is C19H34N6O2. The number of hydrogen-bond acceptors (Lipinski definition) is 6. The molecule has 2 fully saturated rings. The zero-order valence-corrected chi connectivity index (χ0v) is 17.0. The molecule has 0 aromatic carbocycles. The lowest BCUT2D eigenvalue weighted by molar-refractivity contribution is 0.0419. The Balaban J connectivity index is 1.52. The first-order valence-electron chi connectivity index (χ1n) is 10.4. The van der Waals surface area contributed by atoms with Crippen molar-refractivity contribution in [3.63, 3.8) is 0 Å². The number of hydrogen-bond donors (Lipinski definition) is 1. The molecule has 0 saturated carbocycles. The maximum absolute atomic E-state index is 12.9. The van der Waals surface area contributed by atoms with Crippen LogP contribution >= 0.6 is 0 Å². The third-order valence-corrected chi connectivity index (χ3v) is 5.87. The number of ether oxygens (including phenoxy) is 1. The molecule has 3 rings (SSSR count). The van der Waals surface area contributed by atoms with Crippen molar-refractivity contribution in [3.8, 4) is 0 Å². The van der Waals surface area contributed by atoms with Gasteiger partial charge in [0.25, 0.3) is 5.91 Å². The number of carbonyl (C=O) groups excluding carboxylic acids is 1. The first kappa shape index (κ1) is 20.2. The van der Waals surface area contributed by atoms with Crippen LogP contribution in [0, 0.1) is 6.92 Å². The van der Waals surface area contributed by atoms with Crippen molar-refractivity contribution in [2.45, 2.75) is 52.2 Å². The average Bonchev–Trinajstić information content (AvgIpc) is 3.32. The van der Waals surface area contributed by atoms with Gasteiger partial charge in [-0.05, 0) is 52.4 Å². The Labute approximate surface area is 162 Å². The van der Waals surface area contributed by atoms with Gasteiger partial charge in [0.15, 0.2) is 5.69 Å². The standard InChI is InChI=1S/C19H34N6O2/c1-4-23(5-2)12-13-27-17-8-11-24(14-17)19(26)18-15(3)25(22-21-18)16-6-9-20-10-7-16/h16-17,20H,4-14H2,1-3H3. The van der Waals surface area contributed by atoms with Gasteiger partial charge in [0.05, 0.1) is 24.4 Å². The van der Waals surface area contributed by atoms with Crippen LogP contribution in [0.5, 0.6) is 0 Å². The Morgan fingerprint density at radius 3 is 2.70 bits per heavy atom. The number of nitrogens with one attached hydrogen (secondary N) is 1. The van der Waals surface area contributed by atoms with Gasteiger partial charge >= 0.3 is 0 Å². The van der Waals surface area contributed by atoms with Crippen LogP contribution in [0.15, 0.2) is 0 Å². The molecule has 1 aromatic heterocycles. The minimum atomic E-state index is -0.0115. The molecule has 0 radical (unpaired) electrons. The van der Waals surface area contributed by atoms with Crippen LogP contribution in [0.3, 0.4) is 0 Å². The lowest BCUT2D eigenvalue weighted by Gasteiger charge is -2.23. The van der Waals surface area contributed by atoms with Crippen molar-refractivity contribution in [2.24, 2.45) is 0 Å². The minimum Gasteiger partial charge on any atom is -0.375 e. The van der Waals surface area contributed by atoms with Gasteiger partial charge in [-0.2, -0.15) is 0 Å². The van der Waals surface area contributed by atoms with Crippen LogP contribution in [-0.4, -0.2) is 89.2 Å². The van der Waals surface area contributed by atoms with Crippen molar-refractivity contribution in [2.75, 3.05) is 52.4 Å². The highest BCUT2D eigenvalue weighted by atomic mass is 16.5. The molecule has 8 nitrogen and oxygen atoms in total. The van der Waals surface area contributed by atoms with Gasteiger partial charge in [-0.3, -0.25) is 4.79 Å². The monoisotopic (exact) mass is 378 g/mol. The first-order valence-corrected chi connectivity index (χ1v) is 10.4. The van der Waals surface area contributed by atoms with Gasteiger partial charge in [-0.25, -0.2) is 4.68 Å². The summed E-state index contributed by atoms with van der Waals surface area (Å²) < 4.78 is 7.95. The zero-order chi connectivity index (χ0) is 19.2. The molecule has 1 unspecified atom stereocenters. The third kappa shape index (κ3) is 4.86. The number of likely N-dealkylation sites (N-methyl/N-ethyl adjacent to an activating group) is 1. The van der Waals surface area contributed by atoms with Gasteiger partial charge in [-0.1, -0.05) is 19.1 Å². The molecule has 152 valence electrons. The van der Waals surface area contributed by atoms with E-state index in [0.717, 1.165) is 70.8 Å². The molecule has 3 heterocycles. The highest BCUT2D eigenvalue weighted by molar-refractivity contribution is 5.93. The molecule has 0 spiro atoms. The normalized spacial score (nSPS) is 21.3. The second-order valence-corrected chi connectivity index (χ2v) is 7.51. The molecule has 0 aliphatic carbocycles. The zero-order valence-electron chi connectivity index (χ0n) is 17.0. The van der Waals surface area contributed by atoms with Gasteiger partial charge in [0.2, 0.25) is 0 Å². The Bertz CT molecular complexity index is 609. The molecule has 27 heavy (non-hydrogen) atoms. The van der Waals surface area contributed by atoms with Crippen molar-refractivity contribution < 1.29 is 9.53 Å². The Morgan fingerprint density at radius 2 is 2.00 bits per heavy atom. The number of amides is 1. The number of carbonyl (C=O) groups is 1. The van der Waals surface area contributed by atoms with Crippen LogP contribution in [0.1, 0.15) is 55.3 Å². The maximum Gasteiger partial charge on any atom is 0.276 e. The fraction of sp³-hybridized carbons (Fsp3) is 0.842. The van der Waals surface area contributed by atoms with E-state index in [9.17, 15) is 4.79 Å². The molecule has 1 N–H and O–H groups in total. The molecule has 8 heteroatoms. The van der Waals surface area contributed by atoms with E-state index in [4.69, 9.17) is 4.74 Å². The second kappa shape index (κ2) is 9.61. The summed E-state index contributed by atoms with van der Waals surface area (Å²) in [6.07, 6.45) is 3.09. The van der Waals surface area contributed by atoms with Crippen molar-refractivity contribution in [1.82, 2.24) is 30.1 Å². The molecule has 1 aromatic rings. The summed E-state index contributed by atoms with van der Waals surface area (Å²) in [5.41, 5.74) is 1.38. The molecule has 2 aliphatic heterocycles. The van der Waals surface area contributed by atoms with Gasteiger partial charge in [0, 0.05) is 19.6 Å². The molecule has 1 amide bonds. The van der Waals surface area contributed by atoms with E-state index in [2.05, 4.69) is 34.4 Å². The van der Waals surface area contributed by atoms with Gasteiger partial charge in [0.1, 0.15) is 0 Å². The Kier molecular flexibility index (Phi) is 7.20. The maximum atomic E-state index is 12.9. The smallest absolute Gasteiger partial charge is 0.276 e. The van der Waals surface area contributed by atoms with Crippen LogP contribution in [-0.2, 0) is 4.74 Å². The highest BCUT2D eigenvalue weighted by Crippen LogP contribution is 2.22. The number of rotatable bonds is 8. The van der Waals surface area contributed by atoms with E-state index in [1.807, 2.05) is 16.5 Å².